The van der Waals surface area contributed by atoms with E-state index in [1.807, 2.05) is 6.92 Å². The second-order valence-electron chi connectivity index (χ2n) is 6.77. The van der Waals surface area contributed by atoms with Gasteiger partial charge in [-0.05, 0) is 36.8 Å². The lowest BCUT2D eigenvalue weighted by Gasteiger charge is -2.34. The molecule has 0 unspecified atom stereocenters. The third kappa shape index (κ3) is 4.40. The predicted molar refractivity (Wildman–Crippen MR) is 113 cm³/mol. The van der Waals surface area contributed by atoms with E-state index < -0.39 is 31.9 Å². The van der Waals surface area contributed by atoms with Gasteiger partial charge < -0.3 is 10.1 Å². The molecule has 0 aromatic heterocycles. The molecular formula is C19H21ClN2O6S2. The van der Waals surface area contributed by atoms with Gasteiger partial charge in [0.1, 0.15) is 10.6 Å². The average molecular weight is 473 g/mol. The molecule has 1 atom stereocenters. The summed E-state index contributed by atoms with van der Waals surface area (Å²) >= 11 is 6.13. The molecule has 8 nitrogen and oxygen atoms in total. The first-order chi connectivity index (χ1) is 14.1. The van der Waals surface area contributed by atoms with Gasteiger partial charge in [-0.3, -0.25) is 9.10 Å². The second kappa shape index (κ2) is 8.44. The van der Waals surface area contributed by atoms with Crippen molar-refractivity contribution in [3.05, 3.63) is 47.5 Å². The first-order valence-corrected chi connectivity index (χ1v) is 12.8. The highest BCUT2D eigenvalue weighted by Gasteiger charge is 2.38. The summed E-state index contributed by atoms with van der Waals surface area (Å²) < 4.78 is 57.6. The van der Waals surface area contributed by atoms with Crippen LogP contribution in [0.25, 0.3) is 0 Å². The van der Waals surface area contributed by atoms with E-state index in [0.717, 1.165) is 16.6 Å². The van der Waals surface area contributed by atoms with Gasteiger partial charge in [0, 0.05) is 12.8 Å². The zero-order chi connectivity index (χ0) is 22.1. The lowest BCUT2D eigenvalue weighted by molar-refractivity contribution is -0.127. The van der Waals surface area contributed by atoms with Gasteiger partial charge in [-0.15, -0.1) is 0 Å². The van der Waals surface area contributed by atoms with E-state index in [0.29, 0.717) is 13.0 Å². The number of hydrogen-bond donors (Lipinski definition) is 1. The van der Waals surface area contributed by atoms with Crippen LogP contribution >= 0.6 is 11.6 Å². The fourth-order valence-corrected chi connectivity index (χ4v) is 5.66. The van der Waals surface area contributed by atoms with Crippen LogP contribution < -0.4 is 14.4 Å². The lowest BCUT2D eigenvalue weighted by Crippen LogP contribution is -2.50. The molecule has 11 heteroatoms. The van der Waals surface area contributed by atoms with E-state index >= 15 is 0 Å². The van der Waals surface area contributed by atoms with Gasteiger partial charge in [0.2, 0.25) is 0 Å². The van der Waals surface area contributed by atoms with Crippen molar-refractivity contribution in [2.24, 2.45) is 0 Å². The molecule has 0 radical (unpaired) electrons. The van der Waals surface area contributed by atoms with Crippen LogP contribution in [0.15, 0.2) is 52.3 Å². The van der Waals surface area contributed by atoms with Gasteiger partial charge in [0.15, 0.2) is 15.9 Å². The van der Waals surface area contributed by atoms with Crippen LogP contribution in [0.5, 0.6) is 5.75 Å². The average Bonchev–Trinajstić information content (AvgIpc) is 2.70. The van der Waals surface area contributed by atoms with Gasteiger partial charge in [0.05, 0.1) is 22.2 Å². The SMILES string of the molecule is CCCNC(=O)[C@H]1CN(S(=O)(=O)c2cc(S(C)(=O)=O)ccc2Cl)c2ccccc2O1. The number of anilines is 1. The summed E-state index contributed by atoms with van der Waals surface area (Å²) in [6.07, 6.45) is 0.619. The number of hydrogen-bond acceptors (Lipinski definition) is 6. The van der Waals surface area contributed by atoms with E-state index in [1.165, 1.54) is 12.1 Å². The Morgan fingerprint density at radius 1 is 1.20 bits per heavy atom. The number of rotatable bonds is 6. The van der Waals surface area contributed by atoms with Gasteiger partial charge in [-0.2, -0.15) is 0 Å². The molecular weight excluding hydrogens is 452 g/mol. The highest BCUT2D eigenvalue weighted by atomic mass is 35.5. The van der Waals surface area contributed by atoms with Gasteiger partial charge >= 0.3 is 0 Å². The Labute approximate surface area is 180 Å². The van der Waals surface area contributed by atoms with Crippen molar-refractivity contribution in [3.8, 4) is 5.75 Å². The predicted octanol–water partition coefficient (Wildman–Crippen LogP) is 2.23. The largest absolute Gasteiger partial charge is 0.476 e. The number of sulfone groups is 1. The molecule has 0 aliphatic carbocycles. The molecule has 2 aromatic carbocycles. The second-order valence-corrected chi connectivity index (χ2v) is 11.0. The number of carbonyl (C=O) groups excluding carboxylic acids is 1. The Balaban J connectivity index is 2.09. The minimum absolute atomic E-state index is 0.127. The molecule has 0 fully saturated rings. The van der Waals surface area contributed by atoms with Crippen LogP contribution in [-0.2, 0) is 24.7 Å². The number of benzene rings is 2. The van der Waals surface area contributed by atoms with Crippen molar-refractivity contribution in [1.29, 1.82) is 0 Å². The lowest BCUT2D eigenvalue weighted by atomic mass is 10.2. The summed E-state index contributed by atoms with van der Waals surface area (Å²) in [6, 6.07) is 9.89. The Kier molecular flexibility index (Phi) is 6.30. The summed E-state index contributed by atoms with van der Waals surface area (Å²) in [5, 5.41) is 2.57. The summed E-state index contributed by atoms with van der Waals surface area (Å²) in [4.78, 5) is 11.9. The summed E-state index contributed by atoms with van der Waals surface area (Å²) in [7, 11) is -7.96. The maximum Gasteiger partial charge on any atom is 0.266 e. The Bertz CT molecular complexity index is 1180. The van der Waals surface area contributed by atoms with Gasteiger partial charge in [-0.1, -0.05) is 30.7 Å². The zero-order valence-electron chi connectivity index (χ0n) is 16.3. The van der Waals surface area contributed by atoms with Crippen molar-refractivity contribution < 1.29 is 26.4 Å². The molecule has 162 valence electrons. The van der Waals surface area contributed by atoms with E-state index in [4.69, 9.17) is 16.3 Å². The molecule has 1 aliphatic rings. The van der Waals surface area contributed by atoms with E-state index in [-0.39, 0.29) is 32.8 Å². The monoisotopic (exact) mass is 472 g/mol. The number of halogens is 1. The quantitative estimate of drug-likeness (QED) is 0.690. The third-order valence-electron chi connectivity index (χ3n) is 4.48. The number of nitrogens with zero attached hydrogens (tertiary/aromatic N) is 1. The molecule has 3 rings (SSSR count). The Morgan fingerprint density at radius 2 is 1.90 bits per heavy atom. The fraction of sp³-hybridized carbons (Fsp3) is 0.316. The molecule has 0 saturated heterocycles. The number of fused-ring (bicyclic) bond motifs is 1. The van der Waals surface area contributed by atoms with Crippen LogP contribution in [0, 0.1) is 0 Å². The third-order valence-corrected chi connectivity index (χ3v) is 7.85. The van der Waals surface area contributed by atoms with Crippen LogP contribution in [0.3, 0.4) is 0 Å². The smallest absolute Gasteiger partial charge is 0.266 e. The fourth-order valence-electron chi connectivity index (χ4n) is 2.96. The number of ether oxygens (including phenoxy) is 1. The highest BCUT2D eigenvalue weighted by Crippen LogP contribution is 2.38. The van der Waals surface area contributed by atoms with E-state index in [2.05, 4.69) is 5.32 Å². The minimum atomic E-state index is -4.30. The molecule has 1 heterocycles. The Morgan fingerprint density at radius 3 is 2.57 bits per heavy atom. The number of amides is 1. The summed E-state index contributed by atoms with van der Waals surface area (Å²) in [5.41, 5.74) is 0.234. The van der Waals surface area contributed by atoms with Crippen molar-refractivity contribution in [1.82, 2.24) is 5.32 Å². The van der Waals surface area contributed by atoms with E-state index in [1.54, 1.807) is 24.3 Å². The van der Waals surface area contributed by atoms with Crippen molar-refractivity contribution in [2.45, 2.75) is 29.2 Å². The first kappa shape index (κ1) is 22.4. The molecule has 0 saturated carbocycles. The number of para-hydroxylation sites is 2. The van der Waals surface area contributed by atoms with Crippen molar-refractivity contribution in [2.75, 3.05) is 23.7 Å². The van der Waals surface area contributed by atoms with E-state index in [9.17, 15) is 21.6 Å². The number of carbonyl (C=O) groups is 1. The van der Waals surface area contributed by atoms with Crippen LogP contribution in [0.2, 0.25) is 5.02 Å². The maximum absolute atomic E-state index is 13.5. The van der Waals surface area contributed by atoms with Gasteiger partial charge in [0.25, 0.3) is 15.9 Å². The summed E-state index contributed by atoms with van der Waals surface area (Å²) in [5.74, 6) is -0.220. The number of nitrogens with one attached hydrogen (secondary N) is 1. The maximum atomic E-state index is 13.5. The molecule has 1 N–H and O–H groups in total. The molecule has 1 amide bonds. The molecule has 1 aliphatic heterocycles. The van der Waals surface area contributed by atoms with Crippen molar-refractivity contribution >= 4 is 43.1 Å². The Hall–Kier alpha value is -2.30. The van der Waals surface area contributed by atoms with Crippen LogP contribution in [-0.4, -0.2) is 48.2 Å². The zero-order valence-corrected chi connectivity index (χ0v) is 18.7. The van der Waals surface area contributed by atoms with Crippen LogP contribution in [0.4, 0.5) is 5.69 Å². The number of sulfonamides is 1. The highest BCUT2D eigenvalue weighted by molar-refractivity contribution is 7.93. The topological polar surface area (TPSA) is 110 Å². The van der Waals surface area contributed by atoms with Crippen molar-refractivity contribution in [3.63, 3.8) is 0 Å². The van der Waals surface area contributed by atoms with Crippen LogP contribution in [0.1, 0.15) is 13.3 Å². The molecule has 30 heavy (non-hydrogen) atoms. The normalized spacial score (nSPS) is 16.5. The molecule has 2 aromatic rings. The molecule has 0 bridgehead atoms. The minimum Gasteiger partial charge on any atom is -0.476 e. The standard InChI is InChI=1S/C19H21ClN2O6S2/c1-3-10-21-19(23)17-12-22(15-6-4-5-7-16(15)28-17)30(26,27)18-11-13(29(2,24)25)8-9-14(18)20/h4-9,11,17H,3,10,12H2,1-2H3,(H,21,23)/t17-/m1/s1. The van der Waals surface area contributed by atoms with Gasteiger partial charge in [-0.25, -0.2) is 16.8 Å². The first-order valence-electron chi connectivity index (χ1n) is 9.11. The summed E-state index contributed by atoms with van der Waals surface area (Å²) in [6.45, 7) is 2.04. The molecule has 0 spiro atoms.